The van der Waals surface area contributed by atoms with Gasteiger partial charge in [-0.2, -0.15) is 0 Å². The van der Waals surface area contributed by atoms with Crippen LogP contribution in [0.25, 0.3) is 0 Å². The van der Waals surface area contributed by atoms with E-state index in [9.17, 15) is 9.59 Å². The van der Waals surface area contributed by atoms with Gasteiger partial charge in [0.15, 0.2) is 0 Å². The predicted octanol–water partition coefficient (Wildman–Crippen LogP) is 1.11. The van der Waals surface area contributed by atoms with Gasteiger partial charge >= 0.3 is 5.97 Å². The highest BCUT2D eigenvalue weighted by molar-refractivity contribution is 5.93. The Morgan fingerprint density at radius 2 is 1.92 bits per heavy atom. The van der Waals surface area contributed by atoms with Gasteiger partial charge in [-0.25, -0.2) is 0 Å². The molecule has 0 bridgehead atoms. The number of carbonyl (C=O) groups excluding carboxylic acids is 1. The van der Waals surface area contributed by atoms with Crippen LogP contribution in [-0.4, -0.2) is 34.5 Å². The van der Waals surface area contributed by atoms with Gasteiger partial charge in [-0.3, -0.25) is 9.59 Å². The SMILES string of the molecule is CCC(C)N(CC)C(=O)CC(=O)O. The Balaban J connectivity index is 4.22. The van der Waals surface area contributed by atoms with Crippen molar-refractivity contribution in [2.24, 2.45) is 0 Å². The average molecular weight is 187 g/mol. The Bertz CT molecular complexity index is 191. The van der Waals surface area contributed by atoms with Crippen LogP contribution in [0.15, 0.2) is 0 Å². The molecule has 1 atom stereocenters. The van der Waals surface area contributed by atoms with Crippen molar-refractivity contribution in [3.8, 4) is 0 Å². The van der Waals surface area contributed by atoms with Crippen LogP contribution < -0.4 is 0 Å². The van der Waals surface area contributed by atoms with Crippen LogP contribution >= 0.6 is 0 Å². The number of carboxylic acids is 1. The highest BCUT2D eigenvalue weighted by Crippen LogP contribution is 2.05. The molecular formula is C9H17NO3. The van der Waals surface area contributed by atoms with E-state index in [1.807, 2.05) is 20.8 Å². The van der Waals surface area contributed by atoms with Gasteiger partial charge in [0.05, 0.1) is 0 Å². The Morgan fingerprint density at radius 3 is 2.23 bits per heavy atom. The molecule has 0 aromatic rings. The molecule has 0 fully saturated rings. The lowest BCUT2D eigenvalue weighted by Gasteiger charge is -2.26. The Labute approximate surface area is 78.5 Å². The lowest BCUT2D eigenvalue weighted by atomic mass is 10.2. The van der Waals surface area contributed by atoms with Gasteiger partial charge < -0.3 is 10.0 Å². The molecule has 4 heteroatoms. The maximum absolute atomic E-state index is 11.3. The molecule has 0 aliphatic heterocycles. The monoisotopic (exact) mass is 187 g/mol. The van der Waals surface area contributed by atoms with Crippen molar-refractivity contribution in [2.45, 2.75) is 39.7 Å². The third-order valence-corrected chi connectivity index (χ3v) is 2.09. The fourth-order valence-corrected chi connectivity index (χ4v) is 1.19. The van der Waals surface area contributed by atoms with Crippen molar-refractivity contribution in [1.29, 1.82) is 0 Å². The first-order valence-corrected chi connectivity index (χ1v) is 4.54. The molecule has 0 spiro atoms. The highest BCUT2D eigenvalue weighted by Gasteiger charge is 2.18. The number of carbonyl (C=O) groups is 2. The molecule has 0 saturated heterocycles. The summed E-state index contributed by atoms with van der Waals surface area (Å²) in [6.45, 7) is 6.32. The van der Waals surface area contributed by atoms with E-state index in [1.165, 1.54) is 0 Å². The lowest BCUT2D eigenvalue weighted by molar-refractivity contribution is -0.145. The van der Waals surface area contributed by atoms with Gasteiger partial charge in [0.25, 0.3) is 0 Å². The van der Waals surface area contributed by atoms with Gasteiger partial charge in [-0.1, -0.05) is 6.92 Å². The molecule has 1 unspecified atom stereocenters. The summed E-state index contributed by atoms with van der Waals surface area (Å²) < 4.78 is 0. The van der Waals surface area contributed by atoms with Gasteiger partial charge in [0, 0.05) is 12.6 Å². The normalized spacial score (nSPS) is 12.2. The van der Waals surface area contributed by atoms with E-state index >= 15 is 0 Å². The number of carboxylic acid groups (broad SMARTS) is 1. The number of rotatable bonds is 5. The molecule has 1 amide bonds. The Morgan fingerprint density at radius 1 is 1.38 bits per heavy atom. The molecule has 0 saturated carbocycles. The summed E-state index contributed by atoms with van der Waals surface area (Å²) in [7, 11) is 0. The molecule has 13 heavy (non-hydrogen) atoms. The topological polar surface area (TPSA) is 57.6 Å². The summed E-state index contributed by atoms with van der Waals surface area (Å²) in [6.07, 6.45) is 0.442. The number of amides is 1. The number of hydrogen-bond acceptors (Lipinski definition) is 2. The first-order valence-electron chi connectivity index (χ1n) is 4.54. The maximum Gasteiger partial charge on any atom is 0.312 e. The molecule has 4 nitrogen and oxygen atoms in total. The van der Waals surface area contributed by atoms with Crippen molar-refractivity contribution in [2.75, 3.05) is 6.54 Å². The molecule has 0 aromatic carbocycles. The van der Waals surface area contributed by atoms with E-state index in [1.54, 1.807) is 4.90 Å². The molecule has 76 valence electrons. The van der Waals surface area contributed by atoms with Crippen LogP contribution in [0.1, 0.15) is 33.6 Å². The summed E-state index contributed by atoms with van der Waals surface area (Å²) in [4.78, 5) is 23.2. The third kappa shape index (κ3) is 3.92. The van der Waals surface area contributed by atoms with Crippen LogP contribution in [0.3, 0.4) is 0 Å². The zero-order valence-corrected chi connectivity index (χ0v) is 8.41. The zero-order chi connectivity index (χ0) is 10.4. The zero-order valence-electron chi connectivity index (χ0n) is 8.41. The van der Waals surface area contributed by atoms with Crippen LogP contribution in [0.5, 0.6) is 0 Å². The minimum Gasteiger partial charge on any atom is -0.481 e. The van der Waals surface area contributed by atoms with Gasteiger partial charge in [0.1, 0.15) is 6.42 Å². The highest BCUT2D eigenvalue weighted by atomic mass is 16.4. The Kier molecular flexibility index (Phi) is 5.11. The van der Waals surface area contributed by atoms with E-state index in [0.29, 0.717) is 6.54 Å². The smallest absolute Gasteiger partial charge is 0.312 e. The number of hydrogen-bond donors (Lipinski definition) is 1. The fraction of sp³-hybridized carbons (Fsp3) is 0.778. The van der Waals surface area contributed by atoms with Crippen molar-refractivity contribution < 1.29 is 14.7 Å². The van der Waals surface area contributed by atoms with Crippen molar-refractivity contribution in [1.82, 2.24) is 4.90 Å². The van der Waals surface area contributed by atoms with Crippen LogP contribution in [0, 0.1) is 0 Å². The summed E-state index contributed by atoms with van der Waals surface area (Å²) >= 11 is 0. The minimum atomic E-state index is -1.06. The van der Waals surface area contributed by atoms with Crippen LogP contribution in [-0.2, 0) is 9.59 Å². The van der Waals surface area contributed by atoms with E-state index < -0.39 is 12.4 Å². The quantitative estimate of drug-likeness (QED) is 0.656. The fourth-order valence-electron chi connectivity index (χ4n) is 1.19. The van der Waals surface area contributed by atoms with Crippen LogP contribution in [0.4, 0.5) is 0 Å². The molecule has 1 N–H and O–H groups in total. The molecule has 0 aliphatic rings. The molecule has 0 rings (SSSR count). The number of nitrogens with zero attached hydrogens (tertiary/aromatic N) is 1. The molecular weight excluding hydrogens is 170 g/mol. The lowest BCUT2D eigenvalue weighted by Crippen LogP contribution is -2.39. The average Bonchev–Trinajstić information content (AvgIpc) is 2.03. The number of aliphatic carboxylic acids is 1. The molecule has 0 aromatic heterocycles. The minimum absolute atomic E-state index is 0.122. The molecule has 0 heterocycles. The first-order chi connectivity index (χ1) is 6.02. The van der Waals surface area contributed by atoms with E-state index in [-0.39, 0.29) is 11.9 Å². The largest absolute Gasteiger partial charge is 0.481 e. The second-order valence-corrected chi connectivity index (χ2v) is 3.01. The van der Waals surface area contributed by atoms with Gasteiger partial charge in [0.2, 0.25) is 5.91 Å². The second kappa shape index (κ2) is 5.56. The van der Waals surface area contributed by atoms with E-state index in [4.69, 9.17) is 5.11 Å². The standard InChI is InChI=1S/C9H17NO3/c1-4-7(3)10(5-2)8(11)6-9(12)13/h7H,4-6H2,1-3H3,(H,12,13). The maximum atomic E-state index is 11.3. The summed E-state index contributed by atoms with van der Waals surface area (Å²) in [5.74, 6) is -1.36. The second-order valence-electron chi connectivity index (χ2n) is 3.01. The summed E-state index contributed by atoms with van der Waals surface area (Å²) in [5, 5.41) is 8.44. The van der Waals surface area contributed by atoms with Crippen LogP contribution in [0.2, 0.25) is 0 Å². The molecule has 0 radical (unpaired) electrons. The van der Waals surface area contributed by atoms with Gasteiger partial charge in [-0.15, -0.1) is 0 Å². The first kappa shape index (κ1) is 11.9. The van der Waals surface area contributed by atoms with E-state index in [0.717, 1.165) is 6.42 Å². The van der Waals surface area contributed by atoms with Gasteiger partial charge in [-0.05, 0) is 20.3 Å². The molecule has 0 aliphatic carbocycles. The summed E-state index contributed by atoms with van der Waals surface area (Å²) in [6, 6.07) is 0.122. The predicted molar refractivity (Wildman–Crippen MR) is 49.4 cm³/mol. The van der Waals surface area contributed by atoms with E-state index in [2.05, 4.69) is 0 Å². The van der Waals surface area contributed by atoms with Crippen molar-refractivity contribution in [3.63, 3.8) is 0 Å². The third-order valence-electron chi connectivity index (χ3n) is 2.09. The van der Waals surface area contributed by atoms with Crippen molar-refractivity contribution in [3.05, 3.63) is 0 Å². The summed E-state index contributed by atoms with van der Waals surface area (Å²) in [5.41, 5.74) is 0. The Hall–Kier alpha value is -1.06. The van der Waals surface area contributed by atoms with Crippen molar-refractivity contribution >= 4 is 11.9 Å².